The number of hydrazone groups is 1. The highest BCUT2D eigenvalue weighted by Gasteiger charge is 2.06. The van der Waals surface area contributed by atoms with Crippen molar-refractivity contribution >= 4 is 28.9 Å². The number of amides is 1. The third-order valence-corrected chi connectivity index (χ3v) is 3.39. The first-order valence-electron chi connectivity index (χ1n) is 7.69. The Bertz CT molecular complexity index is 897. The van der Waals surface area contributed by atoms with Gasteiger partial charge in [-0.2, -0.15) is 5.10 Å². The SMILES string of the molecule is CN(C)c1ccc(/C=N\NC(=O)COc2cccc3cccnc23)o1. The van der Waals surface area contributed by atoms with Gasteiger partial charge in [0.2, 0.25) is 0 Å². The summed E-state index contributed by atoms with van der Waals surface area (Å²) < 4.78 is 11.0. The fourth-order valence-corrected chi connectivity index (χ4v) is 2.19. The van der Waals surface area contributed by atoms with Gasteiger partial charge in [-0.3, -0.25) is 9.78 Å². The van der Waals surface area contributed by atoms with Crippen molar-refractivity contribution in [2.24, 2.45) is 5.10 Å². The van der Waals surface area contributed by atoms with Crippen molar-refractivity contribution in [3.8, 4) is 5.75 Å². The fourth-order valence-electron chi connectivity index (χ4n) is 2.19. The lowest BCUT2D eigenvalue weighted by atomic mass is 10.2. The Morgan fingerprint density at radius 1 is 1.28 bits per heavy atom. The molecule has 0 spiro atoms. The monoisotopic (exact) mass is 338 g/mol. The van der Waals surface area contributed by atoms with E-state index in [4.69, 9.17) is 9.15 Å². The van der Waals surface area contributed by atoms with Gasteiger partial charge in [-0.1, -0.05) is 18.2 Å². The Balaban J connectivity index is 1.54. The number of carbonyl (C=O) groups excluding carboxylic acids is 1. The lowest BCUT2D eigenvalue weighted by Crippen LogP contribution is -2.24. The number of benzene rings is 1. The number of hydrogen-bond donors (Lipinski definition) is 1. The molecule has 7 nitrogen and oxygen atoms in total. The summed E-state index contributed by atoms with van der Waals surface area (Å²) in [5.74, 6) is 1.44. The van der Waals surface area contributed by atoms with Crippen molar-refractivity contribution in [3.63, 3.8) is 0 Å². The summed E-state index contributed by atoms with van der Waals surface area (Å²) in [5.41, 5.74) is 3.12. The number of pyridine rings is 1. The van der Waals surface area contributed by atoms with Crippen molar-refractivity contribution in [1.82, 2.24) is 10.4 Å². The molecule has 128 valence electrons. The number of rotatable bonds is 6. The zero-order chi connectivity index (χ0) is 17.6. The molecule has 0 bridgehead atoms. The molecule has 3 aromatic rings. The number of fused-ring (bicyclic) bond motifs is 1. The average molecular weight is 338 g/mol. The number of aromatic nitrogens is 1. The molecule has 0 aliphatic carbocycles. The van der Waals surface area contributed by atoms with E-state index in [0.717, 1.165) is 5.39 Å². The van der Waals surface area contributed by atoms with Crippen molar-refractivity contribution in [3.05, 3.63) is 54.4 Å². The second-order valence-corrected chi connectivity index (χ2v) is 5.48. The van der Waals surface area contributed by atoms with Gasteiger partial charge >= 0.3 is 0 Å². The van der Waals surface area contributed by atoms with E-state index in [1.165, 1.54) is 6.21 Å². The molecule has 0 atom stereocenters. The summed E-state index contributed by atoms with van der Waals surface area (Å²) in [5, 5.41) is 4.81. The molecule has 1 amide bonds. The van der Waals surface area contributed by atoms with Gasteiger partial charge in [0, 0.05) is 31.7 Å². The van der Waals surface area contributed by atoms with Crippen molar-refractivity contribution in [1.29, 1.82) is 0 Å². The molecule has 7 heteroatoms. The predicted molar refractivity (Wildman–Crippen MR) is 96.0 cm³/mol. The number of para-hydroxylation sites is 1. The highest BCUT2D eigenvalue weighted by Crippen LogP contribution is 2.22. The van der Waals surface area contributed by atoms with E-state index in [9.17, 15) is 4.79 Å². The smallest absolute Gasteiger partial charge is 0.277 e. The topological polar surface area (TPSA) is 80.0 Å². The Hall–Kier alpha value is -3.35. The number of furan rings is 1. The third kappa shape index (κ3) is 4.14. The van der Waals surface area contributed by atoms with E-state index < -0.39 is 0 Å². The molecule has 0 aliphatic rings. The second-order valence-electron chi connectivity index (χ2n) is 5.48. The number of hydrogen-bond acceptors (Lipinski definition) is 6. The normalized spacial score (nSPS) is 11.0. The molecule has 2 aromatic heterocycles. The molecule has 0 saturated heterocycles. The Labute approximate surface area is 144 Å². The zero-order valence-corrected chi connectivity index (χ0v) is 14.0. The largest absolute Gasteiger partial charge is 0.481 e. The summed E-state index contributed by atoms with van der Waals surface area (Å²) in [7, 11) is 3.75. The van der Waals surface area contributed by atoms with Crippen LogP contribution in [0.25, 0.3) is 10.9 Å². The van der Waals surface area contributed by atoms with Crippen LogP contribution in [0.1, 0.15) is 5.76 Å². The van der Waals surface area contributed by atoms with Crippen molar-refractivity contribution in [2.45, 2.75) is 0 Å². The summed E-state index contributed by atoms with van der Waals surface area (Å²) in [6.45, 7) is -0.159. The van der Waals surface area contributed by atoms with E-state index in [-0.39, 0.29) is 12.5 Å². The van der Waals surface area contributed by atoms with Gasteiger partial charge in [0.15, 0.2) is 12.5 Å². The zero-order valence-electron chi connectivity index (χ0n) is 14.0. The number of nitrogens with zero attached hydrogens (tertiary/aromatic N) is 3. The van der Waals surface area contributed by atoms with Crippen molar-refractivity contribution < 1.29 is 13.9 Å². The molecule has 0 aliphatic heterocycles. The van der Waals surface area contributed by atoms with Gasteiger partial charge in [-0.15, -0.1) is 0 Å². The van der Waals surface area contributed by atoms with Gasteiger partial charge in [0.25, 0.3) is 5.91 Å². The summed E-state index contributed by atoms with van der Waals surface area (Å²) >= 11 is 0. The Morgan fingerprint density at radius 3 is 2.92 bits per heavy atom. The molecular formula is C18H18N4O3. The summed E-state index contributed by atoms with van der Waals surface area (Å²) in [6.07, 6.45) is 3.12. The van der Waals surface area contributed by atoms with E-state index >= 15 is 0 Å². The van der Waals surface area contributed by atoms with Crippen LogP contribution in [-0.4, -0.2) is 37.8 Å². The minimum absolute atomic E-state index is 0.159. The lowest BCUT2D eigenvalue weighted by molar-refractivity contribution is -0.123. The van der Waals surface area contributed by atoms with Crippen LogP contribution in [-0.2, 0) is 4.79 Å². The molecule has 2 heterocycles. The summed E-state index contributed by atoms with van der Waals surface area (Å²) in [4.78, 5) is 18.0. The second kappa shape index (κ2) is 7.48. The Morgan fingerprint density at radius 2 is 2.12 bits per heavy atom. The number of anilines is 1. The van der Waals surface area contributed by atoms with Gasteiger partial charge in [0.1, 0.15) is 17.0 Å². The minimum Gasteiger partial charge on any atom is -0.481 e. The van der Waals surface area contributed by atoms with Crippen LogP contribution in [0.4, 0.5) is 5.88 Å². The highest BCUT2D eigenvalue weighted by atomic mass is 16.5. The van der Waals surface area contributed by atoms with E-state index in [0.29, 0.717) is 22.9 Å². The van der Waals surface area contributed by atoms with Gasteiger partial charge in [-0.05, 0) is 18.2 Å². The number of nitrogens with one attached hydrogen (secondary N) is 1. The molecular weight excluding hydrogens is 320 g/mol. The van der Waals surface area contributed by atoms with Crippen LogP contribution in [0, 0.1) is 0 Å². The van der Waals surface area contributed by atoms with E-state index in [2.05, 4.69) is 15.5 Å². The maximum atomic E-state index is 11.8. The molecule has 1 N–H and O–H groups in total. The maximum Gasteiger partial charge on any atom is 0.277 e. The Kier molecular flexibility index (Phi) is 4.94. The maximum absolute atomic E-state index is 11.8. The van der Waals surface area contributed by atoms with Gasteiger partial charge in [0.05, 0.1) is 6.21 Å². The first kappa shape index (κ1) is 16.5. The predicted octanol–water partition coefficient (Wildman–Crippen LogP) is 2.42. The molecule has 3 rings (SSSR count). The van der Waals surface area contributed by atoms with E-state index in [1.807, 2.05) is 49.3 Å². The summed E-state index contributed by atoms with van der Waals surface area (Å²) in [6, 6.07) is 12.9. The third-order valence-electron chi connectivity index (χ3n) is 3.39. The van der Waals surface area contributed by atoms with Crippen LogP contribution in [0.5, 0.6) is 5.75 Å². The van der Waals surface area contributed by atoms with E-state index in [1.54, 1.807) is 18.3 Å². The van der Waals surface area contributed by atoms with Crippen molar-refractivity contribution in [2.75, 3.05) is 25.6 Å². The van der Waals surface area contributed by atoms with Crippen LogP contribution in [0.15, 0.2) is 58.2 Å². The quantitative estimate of drug-likeness (QED) is 0.551. The van der Waals surface area contributed by atoms with Crippen LogP contribution >= 0.6 is 0 Å². The average Bonchev–Trinajstić information content (AvgIpc) is 3.09. The first-order valence-corrected chi connectivity index (χ1v) is 7.69. The number of carbonyl (C=O) groups is 1. The lowest BCUT2D eigenvalue weighted by Gasteiger charge is -2.07. The molecule has 0 fully saturated rings. The minimum atomic E-state index is -0.372. The molecule has 1 aromatic carbocycles. The fraction of sp³-hybridized carbons (Fsp3) is 0.167. The van der Waals surface area contributed by atoms with Crippen LogP contribution < -0.4 is 15.1 Å². The standard InChI is InChI=1S/C18H18N4O3/c1-22(2)17-9-8-14(25-17)11-20-21-16(23)12-24-15-7-3-5-13-6-4-10-19-18(13)15/h3-11H,12H2,1-2H3,(H,21,23)/b20-11-. The van der Waals surface area contributed by atoms with Crippen LogP contribution in [0.3, 0.4) is 0 Å². The molecule has 0 unspecified atom stereocenters. The number of ether oxygens (including phenoxy) is 1. The van der Waals surface area contributed by atoms with Gasteiger partial charge < -0.3 is 14.1 Å². The van der Waals surface area contributed by atoms with Crippen LogP contribution in [0.2, 0.25) is 0 Å². The first-order chi connectivity index (χ1) is 12.1. The molecule has 0 saturated carbocycles. The highest BCUT2D eigenvalue weighted by molar-refractivity contribution is 5.85. The molecule has 0 radical (unpaired) electrons. The van der Waals surface area contributed by atoms with Gasteiger partial charge in [-0.25, -0.2) is 5.43 Å². The molecule has 25 heavy (non-hydrogen) atoms.